The third-order valence-corrected chi connectivity index (χ3v) is 2.83. The van der Waals surface area contributed by atoms with Crippen molar-refractivity contribution in [1.82, 2.24) is 4.98 Å². The lowest BCUT2D eigenvalue weighted by Gasteiger charge is -2.16. The molecular weight excluding hydrogens is 214 g/mol. The highest BCUT2D eigenvalue weighted by atomic mass is 16.3. The minimum absolute atomic E-state index is 0.172. The summed E-state index contributed by atoms with van der Waals surface area (Å²) in [5.74, 6) is 0. The molecule has 2 aromatic rings. The Morgan fingerprint density at radius 3 is 3.00 bits per heavy atom. The van der Waals surface area contributed by atoms with Crippen LogP contribution >= 0.6 is 0 Å². The number of fused-ring (bicyclic) bond motifs is 1. The van der Waals surface area contributed by atoms with Gasteiger partial charge in [0.15, 0.2) is 0 Å². The van der Waals surface area contributed by atoms with Gasteiger partial charge in [0, 0.05) is 35.8 Å². The molecule has 0 spiro atoms. The average molecular weight is 231 g/mol. The molecular formula is C13H17N3O. The predicted molar refractivity (Wildman–Crippen MR) is 70.9 cm³/mol. The number of rotatable bonds is 4. The summed E-state index contributed by atoms with van der Waals surface area (Å²) in [6, 6.07) is 6.05. The van der Waals surface area contributed by atoms with Crippen LogP contribution in [0, 0.1) is 0 Å². The number of benzene rings is 1. The van der Waals surface area contributed by atoms with Gasteiger partial charge in [0.05, 0.1) is 11.4 Å². The van der Waals surface area contributed by atoms with Crippen LogP contribution < -0.4 is 11.1 Å². The zero-order valence-corrected chi connectivity index (χ0v) is 9.85. The average Bonchev–Trinajstić information content (AvgIpc) is 2.33. The van der Waals surface area contributed by atoms with E-state index >= 15 is 0 Å². The lowest BCUT2D eigenvalue weighted by Crippen LogP contribution is -2.17. The van der Waals surface area contributed by atoms with E-state index in [0.29, 0.717) is 6.42 Å². The van der Waals surface area contributed by atoms with E-state index in [9.17, 15) is 0 Å². The fourth-order valence-electron chi connectivity index (χ4n) is 1.85. The highest BCUT2D eigenvalue weighted by Crippen LogP contribution is 2.28. The first-order valence-corrected chi connectivity index (χ1v) is 5.72. The van der Waals surface area contributed by atoms with E-state index < -0.39 is 0 Å². The molecule has 1 atom stereocenters. The zero-order chi connectivity index (χ0) is 12.3. The zero-order valence-electron chi connectivity index (χ0n) is 9.85. The topological polar surface area (TPSA) is 71.2 Å². The third kappa shape index (κ3) is 2.47. The summed E-state index contributed by atoms with van der Waals surface area (Å²) in [7, 11) is 0. The van der Waals surface area contributed by atoms with Gasteiger partial charge in [-0.1, -0.05) is 6.07 Å². The number of anilines is 2. The molecule has 90 valence electrons. The van der Waals surface area contributed by atoms with Crippen molar-refractivity contribution < 1.29 is 5.11 Å². The summed E-state index contributed by atoms with van der Waals surface area (Å²) in [5.41, 5.74) is 7.75. The van der Waals surface area contributed by atoms with Crippen LogP contribution in [0.5, 0.6) is 0 Å². The van der Waals surface area contributed by atoms with Gasteiger partial charge in [-0.25, -0.2) is 0 Å². The van der Waals surface area contributed by atoms with Crippen molar-refractivity contribution in [2.75, 3.05) is 17.7 Å². The number of nitrogen functional groups attached to an aromatic ring is 1. The molecule has 0 aliphatic heterocycles. The Hall–Kier alpha value is -1.81. The van der Waals surface area contributed by atoms with Crippen molar-refractivity contribution in [3.63, 3.8) is 0 Å². The molecule has 17 heavy (non-hydrogen) atoms. The lowest BCUT2D eigenvalue weighted by atomic mass is 10.1. The van der Waals surface area contributed by atoms with Crippen LogP contribution in [0.4, 0.5) is 11.4 Å². The molecule has 1 aromatic heterocycles. The van der Waals surface area contributed by atoms with Gasteiger partial charge in [-0.15, -0.1) is 0 Å². The molecule has 1 unspecified atom stereocenters. The van der Waals surface area contributed by atoms with Gasteiger partial charge >= 0.3 is 0 Å². The second kappa shape index (κ2) is 5.01. The van der Waals surface area contributed by atoms with E-state index in [2.05, 4.69) is 10.3 Å². The smallest absolute Gasteiger partial charge is 0.0630 e. The summed E-state index contributed by atoms with van der Waals surface area (Å²) in [6.07, 6.45) is 4.24. The van der Waals surface area contributed by atoms with E-state index in [1.165, 1.54) is 0 Å². The molecule has 0 amide bonds. The van der Waals surface area contributed by atoms with Crippen LogP contribution in [-0.2, 0) is 0 Å². The molecule has 0 radical (unpaired) electrons. The van der Waals surface area contributed by atoms with Crippen molar-refractivity contribution in [3.8, 4) is 0 Å². The Balaban J connectivity index is 2.32. The summed E-state index contributed by atoms with van der Waals surface area (Å²) in [5, 5.41) is 14.2. The first kappa shape index (κ1) is 11.7. The number of pyridine rings is 1. The molecule has 0 aliphatic rings. The molecule has 0 saturated heterocycles. The molecule has 0 aliphatic carbocycles. The van der Waals surface area contributed by atoms with Gasteiger partial charge in [0.25, 0.3) is 0 Å². The monoisotopic (exact) mass is 231 g/mol. The first-order chi connectivity index (χ1) is 8.22. The standard InChI is InChI=1S/C13H17N3O/c1-9(5-7-17)16-12-3-2-10-8-15-6-4-11(10)13(12)14/h2-4,6,8-9,16-17H,5,7,14H2,1H3. The summed E-state index contributed by atoms with van der Waals surface area (Å²) in [4.78, 5) is 4.07. The van der Waals surface area contributed by atoms with Gasteiger partial charge in [-0.05, 0) is 25.5 Å². The van der Waals surface area contributed by atoms with Crippen LogP contribution in [0.3, 0.4) is 0 Å². The summed E-state index contributed by atoms with van der Waals surface area (Å²) >= 11 is 0. The van der Waals surface area contributed by atoms with Gasteiger partial charge in [-0.2, -0.15) is 0 Å². The Morgan fingerprint density at radius 1 is 1.41 bits per heavy atom. The van der Waals surface area contributed by atoms with Crippen molar-refractivity contribution in [1.29, 1.82) is 0 Å². The van der Waals surface area contributed by atoms with Gasteiger partial charge in [-0.3, -0.25) is 4.98 Å². The molecule has 4 heteroatoms. The summed E-state index contributed by atoms with van der Waals surface area (Å²) < 4.78 is 0. The van der Waals surface area contributed by atoms with Crippen LogP contribution in [0.2, 0.25) is 0 Å². The fraction of sp³-hybridized carbons (Fsp3) is 0.308. The number of aliphatic hydroxyl groups excluding tert-OH is 1. The van der Waals surface area contributed by atoms with Gasteiger partial charge in [0.1, 0.15) is 0 Å². The number of nitrogens with two attached hydrogens (primary N) is 1. The van der Waals surface area contributed by atoms with Crippen LogP contribution in [0.25, 0.3) is 10.8 Å². The van der Waals surface area contributed by atoms with E-state index in [1.54, 1.807) is 12.4 Å². The normalized spacial score (nSPS) is 12.6. The van der Waals surface area contributed by atoms with E-state index in [0.717, 1.165) is 22.1 Å². The van der Waals surface area contributed by atoms with Crippen molar-refractivity contribution in [2.45, 2.75) is 19.4 Å². The van der Waals surface area contributed by atoms with Crippen LogP contribution in [0.15, 0.2) is 30.6 Å². The lowest BCUT2D eigenvalue weighted by molar-refractivity contribution is 0.282. The highest BCUT2D eigenvalue weighted by Gasteiger charge is 2.07. The Labute approximate surface area is 100 Å². The van der Waals surface area contributed by atoms with Crippen molar-refractivity contribution >= 4 is 22.1 Å². The maximum atomic E-state index is 8.88. The van der Waals surface area contributed by atoms with Gasteiger partial charge < -0.3 is 16.2 Å². The Morgan fingerprint density at radius 2 is 2.24 bits per heavy atom. The highest BCUT2D eigenvalue weighted by molar-refractivity contribution is 5.98. The molecule has 1 heterocycles. The third-order valence-electron chi connectivity index (χ3n) is 2.83. The largest absolute Gasteiger partial charge is 0.397 e. The number of aliphatic hydroxyl groups is 1. The molecule has 0 fully saturated rings. The second-order valence-electron chi connectivity index (χ2n) is 4.18. The minimum atomic E-state index is 0.172. The van der Waals surface area contributed by atoms with Crippen LogP contribution in [0.1, 0.15) is 13.3 Å². The number of hydrogen-bond donors (Lipinski definition) is 3. The minimum Gasteiger partial charge on any atom is -0.397 e. The van der Waals surface area contributed by atoms with Crippen LogP contribution in [-0.4, -0.2) is 22.7 Å². The Kier molecular flexibility index (Phi) is 3.44. The van der Waals surface area contributed by atoms with E-state index in [4.69, 9.17) is 10.8 Å². The van der Waals surface area contributed by atoms with E-state index in [1.807, 2.05) is 25.1 Å². The van der Waals surface area contributed by atoms with Crippen molar-refractivity contribution in [3.05, 3.63) is 30.6 Å². The Bertz CT molecular complexity index is 513. The molecule has 1 aromatic carbocycles. The summed E-state index contributed by atoms with van der Waals surface area (Å²) in [6.45, 7) is 2.19. The molecule has 4 N–H and O–H groups in total. The maximum Gasteiger partial charge on any atom is 0.0630 e. The maximum absolute atomic E-state index is 8.88. The molecule has 0 saturated carbocycles. The SMILES string of the molecule is CC(CCO)Nc1ccc2cnccc2c1N. The quantitative estimate of drug-likeness (QED) is 0.704. The molecule has 4 nitrogen and oxygen atoms in total. The van der Waals surface area contributed by atoms with E-state index in [-0.39, 0.29) is 12.6 Å². The molecule has 0 bridgehead atoms. The number of nitrogens with zero attached hydrogens (tertiary/aromatic N) is 1. The fourth-order valence-corrected chi connectivity index (χ4v) is 1.85. The number of aromatic nitrogens is 1. The van der Waals surface area contributed by atoms with Crippen molar-refractivity contribution in [2.24, 2.45) is 0 Å². The number of nitrogens with one attached hydrogen (secondary N) is 1. The predicted octanol–water partition coefficient (Wildman–Crippen LogP) is 2.00. The van der Waals surface area contributed by atoms with Gasteiger partial charge in [0.2, 0.25) is 0 Å². The number of hydrogen-bond acceptors (Lipinski definition) is 4. The molecule has 2 rings (SSSR count). The second-order valence-corrected chi connectivity index (χ2v) is 4.18. The first-order valence-electron chi connectivity index (χ1n) is 5.72.